The molecule has 0 saturated carbocycles. The molecule has 5 nitrogen and oxygen atoms in total. The molecule has 0 aromatic carbocycles. The van der Waals surface area contributed by atoms with Crippen molar-refractivity contribution in [3.05, 3.63) is 53.5 Å². The molecule has 0 saturated heterocycles. The van der Waals surface area contributed by atoms with Crippen LogP contribution in [0.2, 0.25) is 0 Å². The van der Waals surface area contributed by atoms with E-state index in [1.54, 1.807) is 0 Å². The fourth-order valence-corrected chi connectivity index (χ4v) is 3.54. The Morgan fingerprint density at radius 1 is 1.35 bits per heavy atom. The molecule has 1 aliphatic heterocycles. The van der Waals surface area contributed by atoms with Gasteiger partial charge in [0, 0.05) is 37.9 Å². The summed E-state index contributed by atoms with van der Waals surface area (Å²) in [5.41, 5.74) is 4.59. The molecule has 1 aliphatic rings. The lowest BCUT2D eigenvalue weighted by Gasteiger charge is -2.23. The van der Waals surface area contributed by atoms with Gasteiger partial charge >= 0.3 is 0 Å². The van der Waals surface area contributed by atoms with Crippen molar-refractivity contribution in [2.45, 2.75) is 45.7 Å². The first-order valence-electron chi connectivity index (χ1n) is 8.38. The van der Waals surface area contributed by atoms with Crippen molar-refractivity contribution < 1.29 is 0 Å². The van der Waals surface area contributed by atoms with Gasteiger partial charge in [-0.3, -0.25) is 0 Å². The van der Waals surface area contributed by atoms with Crippen LogP contribution in [0.3, 0.4) is 0 Å². The normalized spacial score (nSPS) is 17.6. The molecule has 1 N–H and O–H groups in total. The number of hydrogen-bond donors (Lipinski definition) is 1. The molecule has 0 amide bonds. The molecule has 120 valence electrons. The van der Waals surface area contributed by atoms with Crippen LogP contribution in [0.25, 0.3) is 5.65 Å². The Labute approximate surface area is 136 Å². The van der Waals surface area contributed by atoms with Gasteiger partial charge in [0.05, 0.1) is 17.6 Å². The van der Waals surface area contributed by atoms with Crippen molar-refractivity contribution in [2.24, 2.45) is 0 Å². The Kier molecular flexibility index (Phi) is 3.65. The van der Waals surface area contributed by atoms with E-state index in [-0.39, 0.29) is 0 Å². The largest absolute Gasteiger partial charge is 0.334 e. The van der Waals surface area contributed by atoms with Gasteiger partial charge in [0.25, 0.3) is 0 Å². The van der Waals surface area contributed by atoms with E-state index in [1.165, 1.54) is 29.9 Å². The molecule has 0 radical (unpaired) electrons. The van der Waals surface area contributed by atoms with E-state index in [9.17, 15) is 0 Å². The Morgan fingerprint density at radius 2 is 2.26 bits per heavy atom. The first-order chi connectivity index (χ1) is 11.2. The topological polar surface area (TPSA) is 47.1 Å². The molecule has 0 bridgehead atoms. The van der Waals surface area contributed by atoms with Crippen LogP contribution in [-0.4, -0.2) is 25.5 Å². The molecule has 4 rings (SSSR count). The van der Waals surface area contributed by atoms with E-state index >= 15 is 0 Å². The van der Waals surface area contributed by atoms with Gasteiger partial charge in [0.1, 0.15) is 11.5 Å². The van der Waals surface area contributed by atoms with E-state index in [1.807, 2.05) is 6.20 Å². The summed E-state index contributed by atoms with van der Waals surface area (Å²) in [6, 6.07) is 4.24. The lowest BCUT2D eigenvalue weighted by atomic mass is 9.99. The molecule has 0 fully saturated rings. The third kappa shape index (κ3) is 2.77. The fraction of sp³-hybridized carbons (Fsp3) is 0.444. The Balaban J connectivity index is 1.44. The van der Waals surface area contributed by atoms with E-state index in [4.69, 9.17) is 4.98 Å². The molecular weight excluding hydrogens is 286 g/mol. The minimum absolute atomic E-state index is 0.513. The highest BCUT2D eigenvalue weighted by atomic mass is 15.1. The van der Waals surface area contributed by atoms with Gasteiger partial charge in [-0.2, -0.15) is 0 Å². The number of imidazole rings is 2. The average Bonchev–Trinajstić information content (AvgIpc) is 3.10. The van der Waals surface area contributed by atoms with Gasteiger partial charge < -0.3 is 14.3 Å². The summed E-state index contributed by atoms with van der Waals surface area (Å²) in [4.78, 5) is 9.20. The molecule has 1 atom stereocenters. The van der Waals surface area contributed by atoms with Crippen molar-refractivity contribution in [1.82, 2.24) is 24.3 Å². The number of aromatic nitrogens is 4. The molecule has 0 aliphatic carbocycles. The van der Waals surface area contributed by atoms with Gasteiger partial charge in [0.2, 0.25) is 0 Å². The number of pyridine rings is 1. The predicted octanol–water partition coefficient (Wildman–Crippen LogP) is 2.81. The SMILES string of the molecule is Cc1ccn2c(CNC[C@H]3CCCn4cc(C)nc43)cnc2c1. The highest BCUT2D eigenvalue weighted by molar-refractivity contribution is 5.42. The maximum absolute atomic E-state index is 4.71. The number of nitrogens with zero attached hydrogens (tertiary/aromatic N) is 4. The van der Waals surface area contributed by atoms with Crippen LogP contribution in [0.1, 0.15) is 41.5 Å². The van der Waals surface area contributed by atoms with Crippen LogP contribution in [0, 0.1) is 13.8 Å². The molecule has 4 heterocycles. The second-order valence-corrected chi connectivity index (χ2v) is 6.59. The summed E-state index contributed by atoms with van der Waals surface area (Å²) >= 11 is 0. The number of rotatable bonds is 4. The summed E-state index contributed by atoms with van der Waals surface area (Å²) in [5, 5.41) is 3.60. The Bertz CT molecular complexity index is 829. The zero-order chi connectivity index (χ0) is 15.8. The van der Waals surface area contributed by atoms with E-state index in [0.717, 1.165) is 31.0 Å². The van der Waals surface area contributed by atoms with Crippen LogP contribution in [0.4, 0.5) is 0 Å². The highest BCUT2D eigenvalue weighted by Gasteiger charge is 2.22. The molecule has 3 aromatic rings. The number of hydrogen-bond acceptors (Lipinski definition) is 3. The first-order valence-corrected chi connectivity index (χ1v) is 8.38. The van der Waals surface area contributed by atoms with Crippen LogP contribution in [0.5, 0.6) is 0 Å². The molecule has 0 spiro atoms. The smallest absolute Gasteiger partial charge is 0.137 e. The monoisotopic (exact) mass is 309 g/mol. The summed E-state index contributed by atoms with van der Waals surface area (Å²) in [6.07, 6.45) is 8.70. The van der Waals surface area contributed by atoms with Crippen molar-refractivity contribution in [3.8, 4) is 0 Å². The molecule has 0 unspecified atom stereocenters. The maximum Gasteiger partial charge on any atom is 0.137 e. The van der Waals surface area contributed by atoms with Gasteiger partial charge in [0.15, 0.2) is 0 Å². The third-order valence-corrected chi connectivity index (χ3v) is 4.69. The summed E-state index contributed by atoms with van der Waals surface area (Å²) < 4.78 is 4.48. The van der Waals surface area contributed by atoms with E-state index in [0.29, 0.717) is 5.92 Å². The quantitative estimate of drug-likeness (QED) is 0.806. The van der Waals surface area contributed by atoms with Gasteiger partial charge in [-0.05, 0) is 44.4 Å². The zero-order valence-corrected chi connectivity index (χ0v) is 13.8. The van der Waals surface area contributed by atoms with E-state index in [2.05, 4.69) is 57.6 Å². The number of aryl methyl sites for hydroxylation is 3. The summed E-state index contributed by atoms with van der Waals surface area (Å²) in [7, 11) is 0. The maximum atomic E-state index is 4.71. The van der Waals surface area contributed by atoms with Crippen LogP contribution in [-0.2, 0) is 13.1 Å². The van der Waals surface area contributed by atoms with Gasteiger partial charge in [-0.15, -0.1) is 0 Å². The average molecular weight is 309 g/mol. The van der Waals surface area contributed by atoms with Crippen molar-refractivity contribution in [3.63, 3.8) is 0 Å². The first kappa shape index (κ1) is 14.5. The lowest BCUT2D eigenvalue weighted by molar-refractivity contribution is 0.422. The third-order valence-electron chi connectivity index (χ3n) is 4.69. The standard InChI is InChI=1S/C18H23N5/c1-13-5-7-23-16(11-20-17(23)8-13)10-19-9-15-4-3-6-22-12-14(2)21-18(15)22/h5,7-8,11-12,15,19H,3-4,6,9-10H2,1-2H3/t15-/m1/s1. The van der Waals surface area contributed by atoms with Crippen molar-refractivity contribution in [1.29, 1.82) is 0 Å². The molecule has 3 aromatic heterocycles. The number of fused-ring (bicyclic) bond motifs is 2. The lowest BCUT2D eigenvalue weighted by Crippen LogP contribution is -2.26. The van der Waals surface area contributed by atoms with Gasteiger partial charge in [-0.1, -0.05) is 0 Å². The highest BCUT2D eigenvalue weighted by Crippen LogP contribution is 2.26. The van der Waals surface area contributed by atoms with Crippen molar-refractivity contribution >= 4 is 5.65 Å². The van der Waals surface area contributed by atoms with Crippen molar-refractivity contribution in [2.75, 3.05) is 6.54 Å². The molecule has 23 heavy (non-hydrogen) atoms. The summed E-state index contributed by atoms with van der Waals surface area (Å²) in [5.74, 6) is 1.76. The van der Waals surface area contributed by atoms with E-state index < -0.39 is 0 Å². The molecule has 5 heteroatoms. The van der Waals surface area contributed by atoms with Crippen LogP contribution >= 0.6 is 0 Å². The second-order valence-electron chi connectivity index (χ2n) is 6.59. The van der Waals surface area contributed by atoms with Crippen LogP contribution < -0.4 is 5.32 Å². The zero-order valence-electron chi connectivity index (χ0n) is 13.8. The Morgan fingerprint density at radius 3 is 3.17 bits per heavy atom. The number of nitrogens with one attached hydrogen (secondary N) is 1. The Hall–Kier alpha value is -2.14. The molecular formula is C18H23N5. The predicted molar refractivity (Wildman–Crippen MR) is 90.6 cm³/mol. The van der Waals surface area contributed by atoms with Gasteiger partial charge in [-0.25, -0.2) is 9.97 Å². The second kappa shape index (κ2) is 5.81. The fourth-order valence-electron chi connectivity index (χ4n) is 3.54. The van der Waals surface area contributed by atoms with Crippen LogP contribution in [0.15, 0.2) is 30.7 Å². The minimum atomic E-state index is 0.513. The minimum Gasteiger partial charge on any atom is -0.334 e. The summed E-state index contributed by atoms with van der Waals surface area (Å²) in [6.45, 7) is 7.09.